The van der Waals surface area contributed by atoms with Crippen molar-refractivity contribution in [2.24, 2.45) is 5.92 Å². The Morgan fingerprint density at radius 3 is 2.33 bits per heavy atom. The fourth-order valence-electron chi connectivity index (χ4n) is 3.49. The van der Waals surface area contributed by atoms with Crippen LogP contribution in [0.2, 0.25) is 0 Å². The summed E-state index contributed by atoms with van der Waals surface area (Å²) < 4.78 is 54.4. The molecular weight excluding hydrogens is 414 g/mol. The number of Topliss-reactive ketones (excluding diaryl/α,β-unsaturated/α-hetero) is 1. The zero-order valence-corrected chi connectivity index (χ0v) is 17.2. The first-order valence-corrected chi connectivity index (χ1v) is 11.0. The van der Waals surface area contributed by atoms with Crippen LogP contribution in [-0.2, 0) is 14.8 Å². The number of hydrogen-bond donors (Lipinski definition) is 1. The van der Waals surface area contributed by atoms with Gasteiger partial charge in [0.1, 0.15) is 11.6 Å². The zero-order chi connectivity index (χ0) is 21.9. The predicted molar refractivity (Wildman–Crippen MR) is 106 cm³/mol. The number of carbonyl (C=O) groups excluding carboxylic acids is 2. The number of amides is 1. The van der Waals surface area contributed by atoms with Crippen LogP contribution in [0.25, 0.3) is 0 Å². The summed E-state index contributed by atoms with van der Waals surface area (Å²) in [7, 11) is -3.84. The van der Waals surface area contributed by atoms with Gasteiger partial charge in [0.15, 0.2) is 5.78 Å². The Labute approximate surface area is 173 Å². The van der Waals surface area contributed by atoms with Crippen LogP contribution in [0.4, 0.5) is 8.78 Å². The number of carbonyl (C=O) groups is 2. The van der Waals surface area contributed by atoms with E-state index in [1.54, 1.807) is 18.2 Å². The molecule has 1 fully saturated rings. The van der Waals surface area contributed by atoms with Gasteiger partial charge in [-0.2, -0.15) is 4.72 Å². The highest BCUT2D eigenvalue weighted by Gasteiger charge is 2.32. The van der Waals surface area contributed by atoms with E-state index in [4.69, 9.17) is 0 Å². The number of likely N-dealkylation sites (tertiary alicyclic amines) is 1. The average molecular weight is 436 g/mol. The van der Waals surface area contributed by atoms with Gasteiger partial charge in [-0.3, -0.25) is 9.59 Å². The highest BCUT2D eigenvalue weighted by molar-refractivity contribution is 7.89. The maximum atomic E-state index is 13.9. The Bertz CT molecular complexity index is 1040. The minimum Gasteiger partial charge on any atom is -0.341 e. The molecule has 0 aliphatic carbocycles. The molecule has 1 heterocycles. The minimum absolute atomic E-state index is 0.0612. The van der Waals surface area contributed by atoms with E-state index in [9.17, 15) is 26.8 Å². The lowest BCUT2D eigenvalue weighted by atomic mass is 9.88. The topological polar surface area (TPSA) is 83.6 Å². The molecule has 0 unspecified atom stereocenters. The molecule has 2 aromatic rings. The van der Waals surface area contributed by atoms with Crippen LogP contribution in [-0.4, -0.2) is 44.1 Å². The van der Waals surface area contributed by atoms with Crippen LogP contribution in [0.15, 0.2) is 53.4 Å². The van der Waals surface area contributed by atoms with Gasteiger partial charge >= 0.3 is 0 Å². The summed E-state index contributed by atoms with van der Waals surface area (Å²) in [5.41, 5.74) is -0.288. The maximum absolute atomic E-state index is 13.9. The van der Waals surface area contributed by atoms with Gasteiger partial charge in [-0.05, 0) is 50.1 Å². The summed E-state index contributed by atoms with van der Waals surface area (Å²) in [5, 5.41) is 0. The fraction of sp³-hybridized carbons (Fsp3) is 0.333. The first-order valence-electron chi connectivity index (χ1n) is 9.54. The lowest BCUT2D eigenvalue weighted by molar-refractivity contribution is -0.133. The molecule has 0 aromatic heterocycles. The highest BCUT2D eigenvalue weighted by atomic mass is 32.2. The minimum atomic E-state index is -3.84. The van der Waals surface area contributed by atoms with Crippen LogP contribution in [0.1, 0.15) is 30.1 Å². The molecule has 9 heteroatoms. The van der Waals surface area contributed by atoms with Crippen molar-refractivity contribution in [2.75, 3.05) is 13.1 Å². The predicted octanol–water partition coefficient (Wildman–Crippen LogP) is 2.75. The average Bonchev–Trinajstić information content (AvgIpc) is 2.75. The van der Waals surface area contributed by atoms with E-state index in [0.29, 0.717) is 12.8 Å². The molecule has 0 saturated carbocycles. The van der Waals surface area contributed by atoms with Gasteiger partial charge in [0, 0.05) is 19.0 Å². The molecule has 160 valence electrons. The van der Waals surface area contributed by atoms with Gasteiger partial charge in [0.05, 0.1) is 16.5 Å². The summed E-state index contributed by atoms with van der Waals surface area (Å²) in [6.45, 7) is 1.91. The smallest absolute Gasteiger partial charge is 0.241 e. The van der Waals surface area contributed by atoms with E-state index in [-0.39, 0.29) is 23.5 Å². The van der Waals surface area contributed by atoms with Gasteiger partial charge in [-0.25, -0.2) is 17.2 Å². The number of hydrogen-bond acceptors (Lipinski definition) is 4. The van der Waals surface area contributed by atoms with Crippen molar-refractivity contribution in [3.8, 4) is 0 Å². The van der Waals surface area contributed by atoms with Crippen LogP contribution >= 0.6 is 0 Å². The Balaban J connectivity index is 1.60. The number of nitrogens with zero attached hydrogens (tertiary/aromatic N) is 1. The summed E-state index contributed by atoms with van der Waals surface area (Å²) in [6.07, 6.45) is 0.581. The molecule has 0 radical (unpaired) electrons. The number of ketones is 1. The van der Waals surface area contributed by atoms with Gasteiger partial charge in [0.2, 0.25) is 15.9 Å². The number of piperidine rings is 1. The van der Waals surface area contributed by atoms with E-state index < -0.39 is 45.3 Å². The van der Waals surface area contributed by atoms with Gasteiger partial charge in [0.25, 0.3) is 0 Å². The summed E-state index contributed by atoms with van der Waals surface area (Å²) in [4.78, 5) is 26.7. The second-order valence-electron chi connectivity index (χ2n) is 7.24. The standard InChI is InChI=1S/C21H22F2N2O4S/c1-14(24-30(28,29)17-5-3-2-4-6-17)21(27)25-11-9-15(10-12-25)20(26)18-13-16(22)7-8-19(18)23/h2-8,13-15,24H,9-12H2,1H3/t14-/m0/s1. The highest BCUT2D eigenvalue weighted by Crippen LogP contribution is 2.24. The summed E-state index contributed by atoms with van der Waals surface area (Å²) >= 11 is 0. The van der Waals surface area contributed by atoms with Crippen molar-refractivity contribution < 1.29 is 26.8 Å². The third kappa shape index (κ3) is 4.91. The Morgan fingerprint density at radius 2 is 1.70 bits per heavy atom. The number of sulfonamides is 1. The van der Waals surface area contributed by atoms with Crippen LogP contribution in [0, 0.1) is 17.6 Å². The lowest BCUT2D eigenvalue weighted by Crippen LogP contribution is -2.49. The molecule has 30 heavy (non-hydrogen) atoms. The first-order chi connectivity index (χ1) is 14.2. The summed E-state index contributed by atoms with van der Waals surface area (Å²) in [5.74, 6) is -2.88. The molecule has 1 aliphatic heterocycles. The third-order valence-electron chi connectivity index (χ3n) is 5.13. The van der Waals surface area contributed by atoms with Crippen molar-refractivity contribution in [3.63, 3.8) is 0 Å². The van der Waals surface area contributed by atoms with Crippen molar-refractivity contribution in [1.82, 2.24) is 9.62 Å². The molecule has 1 atom stereocenters. The van der Waals surface area contributed by atoms with Gasteiger partial charge in [-0.1, -0.05) is 18.2 Å². The zero-order valence-electron chi connectivity index (χ0n) is 16.3. The Hall–Kier alpha value is -2.65. The molecule has 2 aromatic carbocycles. The van der Waals surface area contributed by atoms with Crippen molar-refractivity contribution in [3.05, 3.63) is 65.7 Å². The lowest BCUT2D eigenvalue weighted by Gasteiger charge is -2.33. The molecule has 1 aliphatic rings. The van der Waals surface area contributed by atoms with Crippen molar-refractivity contribution >= 4 is 21.7 Å². The van der Waals surface area contributed by atoms with E-state index >= 15 is 0 Å². The number of benzene rings is 2. The SMILES string of the molecule is C[C@H](NS(=O)(=O)c1ccccc1)C(=O)N1CCC(C(=O)c2cc(F)ccc2F)CC1. The second kappa shape index (κ2) is 9.01. The van der Waals surface area contributed by atoms with E-state index in [0.717, 1.165) is 18.2 Å². The largest absolute Gasteiger partial charge is 0.341 e. The van der Waals surface area contributed by atoms with E-state index in [2.05, 4.69) is 4.72 Å². The molecule has 1 N–H and O–H groups in total. The fourth-order valence-corrected chi connectivity index (χ4v) is 4.71. The van der Waals surface area contributed by atoms with Crippen molar-refractivity contribution in [1.29, 1.82) is 0 Å². The molecule has 0 spiro atoms. The Morgan fingerprint density at radius 1 is 1.07 bits per heavy atom. The van der Waals surface area contributed by atoms with E-state index in [1.165, 1.54) is 24.0 Å². The number of nitrogens with one attached hydrogen (secondary N) is 1. The normalized spacial score (nSPS) is 16.3. The third-order valence-corrected chi connectivity index (χ3v) is 6.68. The molecule has 1 saturated heterocycles. The Kier molecular flexibility index (Phi) is 6.62. The van der Waals surface area contributed by atoms with Crippen LogP contribution in [0.5, 0.6) is 0 Å². The second-order valence-corrected chi connectivity index (χ2v) is 8.96. The monoisotopic (exact) mass is 436 g/mol. The van der Waals surface area contributed by atoms with E-state index in [1.807, 2.05) is 0 Å². The molecular formula is C21H22F2N2O4S. The summed E-state index contributed by atoms with van der Waals surface area (Å²) in [6, 6.07) is 9.50. The molecule has 1 amide bonds. The number of halogens is 2. The maximum Gasteiger partial charge on any atom is 0.241 e. The molecule has 0 bridgehead atoms. The molecule has 3 rings (SSSR count). The molecule has 6 nitrogen and oxygen atoms in total. The first kappa shape index (κ1) is 22.0. The quantitative estimate of drug-likeness (QED) is 0.706. The van der Waals surface area contributed by atoms with Crippen LogP contribution < -0.4 is 4.72 Å². The van der Waals surface area contributed by atoms with Gasteiger partial charge in [-0.15, -0.1) is 0 Å². The van der Waals surface area contributed by atoms with Crippen LogP contribution in [0.3, 0.4) is 0 Å². The van der Waals surface area contributed by atoms with Gasteiger partial charge < -0.3 is 4.90 Å². The number of rotatable bonds is 6. The van der Waals surface area contributed by atoms with Crippen molar-refractivity contribution in [2.45, 2.75) is 30.7 Å².